The van der Waals surface area contributed by atoms with Crippen molar-refractivity contribution < 1.29 is 21.6 Å². The molecule has 2 N–H and O–H groups in total. The van der Waals surface area contributed by atoms with E-state index in [1.165, 1.54) is 0 Å². The predicted octanol–water partition coefficient (Wildman–Crippen LogP) is 2.88. The highest BCUT2D eigenvalue weighted by molar-refractivity contribution is 7.92. The fraction of sp³-hybridized carbons (Fsp3) is 0.538. The second-order valence-corrected chi connectivity index (χ2v) is 6.42. The van der Waals surface area contributed by atoms with Crippen molar-refractivity contribution in [2.75, 3.05) is 17.0 Å². The van der Waals surface area contributed by atoms with E-state index < -0.39 is 34.8 Å². The molecule has 0 atom stereocenters. The largest absolute Gasteiger partial charge is 0.389 e. The summed E-state index contributed by atoms with van der Waals surface area (Å²) in [5.41, 5.74) is 1.14. The average Bonchev–Trinajstić information content (AvgIpc) is 2.35. The van der Waals surface area contributed by atoms with Crippen LogP contribution in [0, 0.1) is 0 Å². The molecule has 0 aliphatic rings. The van der Waals surface area contributed by atoms with Crippen molar-refractivity contribution in [3.63, 3.8) is 0 Å². The van der Waals surface area contributed by atoms with Crippen molar-refractivity contribution in [1.82, 2.24) is 5.32 Å². The van der Waals surface area contributed by atoms with Crippen LogP contribution in [0.3, 0.4) is 0 Å². The molecular weight excluding hydrogens is 305 g/mol. The van der Waals surface area contributed by atoms with Crippen molar-refractivity contribution in [2.45, 2.75) is 32.5 Å². The first-order chi connectivity index (χ1) is 9.73. The molecule has 4 nitrogen and oxygen atoms in total. The number of alkyl halides is 3. The fourth-order valence-corrected chi connectivity index (χ4v) is 2.88. The Morgan fingerprint density at radius 3 is 2.48 bits per heavy atom. The van der Waals surface area contributed by atoms with Gasteiger partial charge in [0, 0.05) is 13.0 Å². The fourth-order valence-electron chi connectivity index (χ4n) is 1.71. The normalized spacial score (nSPS) is 12.4. The van der Waals surface area contributed by atoms with Crippen LogP contribution in [0.4, 0.5) is 18.9 Å². The van der Waals surface area contributed by atoms with E-state index in [9.17, 15) is 21.6 Å². The Balaban J connectivity index is 2.66. The number of sulfonamides is 1. The van der Waals surface area contributed by atoms with Gasteiger partial charge >= 0.3 is 6.18 Å². The SMILES string of the molecule is CCNCc1ccccc1NS(=O)(=O)CCCC(F)(F)F. The topological polar surface area (TPSA) is 58.2 Å². The van der Waals surface area contributed by atoms with Gasteiger partial charge in [0.15, 0.2) is 0 Å². The van der Waals surface area contributed by atoms with Gasteiger partial charge in [-0.1, -0.05) is 25.1 Å². The van der Waals surface area contributed by atoms with Crippen LogP contribution in [0.25, 0.3) is 0 Å². The van der Waals surface area contributed by atoms with Gasteiger partial charge < -0.3 is 5.32 Å². The highest BCUT2D eigenvalue weighted by Gasteiger charge is 2.27. The van der Waals surface area contributed by atoms with Crippen LogP contribution in [-0.4, -0.2) is 26.9 Å². The molecule has 0 aromatic heterocycles. The summed E-state index contributed by atoms with van der Waals surface area (Å²) in [7, 11) is -3.78. The molecule has 0 heterocycles. The summed E-state index contributed by atoms with van der Waals surface area (Å²) < 4.78 is 62.1. The minimum absolute atomic E-state index is 0.394. The Labute approximate surface area is 122 Å². The molecule has 0 saturated carbocycles. The summed E-state index contributed by atoms with van der Waals surface area (Å²) in [4.78, 5) is 0. The highest BCUT2D eigenvalue weighted by Crippen LogP contribution is 2.22. The van der Waals surface area contributed by atoms with E-state index in [2.05, 4.69) is 10.0 Å². The summed E-state index contributed by atoms with van der Waals surface area (Å²) >= 11 is 0. The second-order valence-electron chi connectivity index (χ2n) is 4.58. The monoisotopic (exact) mass is 324 g/mol. The molecule has 0 bridgehead atoms. The van der Waals surface area contributed by atoms with Crippen LogP contribution in [0.5, 0.6) is 0 Å². The highest BCUT2D eigenvalue weighted by atomic mass is 32.2. The van der Waals surface area contributed by atoms with Crippen LogP contribution in [-0.2, 0) is 16.6 Å². The van der Waals surface area contributed by atoms with Gasteiger partial charge in [-0.25, -0.2) is 8.42 Å². The maximum Gasteiger partial charge on any atom is 0.389 e. The van der Waals surface area contributed by atoms with E-state index in [0.717, 1.165) is 12.1 Å². The first-order valence-electron chi connectivity index (χ1n) is 6.59. The van der Waals surface area contributed by atoms with Crippen LogP contribution >= 0.6 is 0 Å². The van der Waals surface area contributed by atoms with Crippen LogP contribution in [0.15, 0.2) is 24.3 Å². The van der Waals surface area contributed by atoms with Gasteiger partial charge in [-0.3, -0.25) is 4.72 Å². The zero-order valence-corrected chi connectivity index (χ0v) is 12.5. The van der Waals surface area contributed by atoms with E-state index in [1.54, 1.807) is 24.3 Å². The van der Waals surface area contributed by atoms with Gasteiger partial charge in [-0.15, -0.1) is 0 Å². The molecule has 0 saturated heterocycles. The van der Waals surface area contributed by atoms with Crippen molar-refractivity contribution in [2.24, 2.45) is 0 Å². The van der Waals surface area contributed by atoms with Gasteiger partial charge in [0.2, 0.25) is 10.0 Å². The van der Waals surface area contributed by atoms with E-state index in [1.807, 2.05) is 6.92 Å². The predicted molar refractivity (Wildman–Crippen MR) is 76.5 cm³/mol. The number of rotatable bonds is 8. The molecule has 0 amide bonds. The summed E-state index contributed by atoms with van der Waals surface area (Å²) in [6, 6.07) is 6.79. The maximum absolute atomic E-state index is 12.0. The standard InChI is InChI=1S/C13H19F3N2O2S/c1-2-17-10-11-6-3-4-7-12(11)18-21(19,20)9-5-8-13(14,15)16/h3-4,6-7,17-18H,2,5,8-10H2,1H3. The molecular formula is C13H19F3N2O2S. The number of halogens is 3. The summed E-state index contributed by atoms with van der Waals surface area (Å²) in [5, 5.41) is 3.07. The van der Waals surface area contributed by atoms with Crippen LogP contribution < -0.4 is 10.0 Å². The quantitative estimate of drug-likeness (QED) is 0.773. The Morgan fingerprint density at radius 2 is 1.86 bits per heavy atom. The molecule has 1 rings (SSSR count). The maximum atomic E-state index is 12.0. The van der Waals surface area contributed by atoms with E-state index in [0.29, 0.717) is 12.2 Å². The Morgan fingerprint density at radius 1 is 1.19 bits per heavy atom. The van der Waals surface area contributed by atoms with E-state index in [4.69, 9.17) is 0 Å². The van der Waals surface area contributed by atoms with Gasteiger partial charge in [-0.2, -0.15) is 13.2 Å². The number of anilines is 1. The molecule has 0 unspecified atom stereocenters. The van der Waals surface area contributed by atoms with Gasteiger partial charge in [-0.05, 0) is 24.6 Å². The number of benzene rings is 1. The summed E-state index contributed by atoms with van der Waals surface area (Å²) in [5.74, 6) is -0.554. The van der Waals surface area contributed by atoms with Crippen molar-refractivity contribution in [3.8, 4) is 0 Å². The molecule has 8 heteroatoms. The second kappa shape index (κ2) is 7.65. The number of hydrogen-bond donors (Lipinski definition) is 2. The molecule has 21 heavy (non-hydrogen) atoms. The molecule has 0 radical (unpaired) electrons. The van der Waals surface area contributed by atoms with Gasteiger partial charge in [0.05, 0.1) is 11.4 Å². The minimum atomic E-state index is -4.33. The molecule has 0 fully saturated rings. The molecule has 120 valence electrons. The van der Waals surface area contributed by atoms with E-state index in [-0.39, 0.29) is 0 Å². The summed E-state index contributed by atoms with van der Waals surface area (Å²) in [6.07, 6.45) is -5.89. The van der Waals surface area contributed by atoms with Crippen molar-refractivity contribution >= 4 is 15.7 Å². The van der Waals surface area contributed by atoms with Crippen LogP contribution in [0.1, 0.15) is 25.3 Å². The lowest BCUT2D eigenvalue weighted by Gasteiger charge is -2.13. The molecule has 0 aliphatic heterocycles. The lowest BCUT2D eigenvalue weighted by molar-refractivity contribution is -0.134. The number of hydrogen-bond acceptors (Lipinski definition) is 3. The van der Waals surface area contributed by atoms with Crippen LogP contribution in [0.2, 0.25) is 0 Å². The van der Waals surface area contributed by atoms with Crippen molar-refractivity contribution in [3.05, 3.63) is 29.8 Å². The first kappa shape index (κ1) is 17.8. The molecule has 1 aromatic carbocycles. The lowest BCUT2D eigenvalue weighted by Crippen LogP contribution is -2.20. The zero-order valence-electron chi connectivity index (χ0n) is 11.7. The van der Waals surface area contributed by atoms with Gasteiger partial charge in [0.1, 0.15) is 0 Å². The number of nitrogens with one attached hydrogen (secondary N) is 2. The minimum Gasteiger partial charge on any atom is -0.313 e. The Bertz CT molecular complexity index is 545. The molecule has 0 spiro atoms. The zero-order chi connectivity index (χ0) is 15.9. The Kier molecular flexibility index (Phi) is 6.47. The third kappa shape index (κ3) is 7.33. The van der Waals surface area contributed by atoms with Gasteiger partial charge in [0.25, 0.3) is 0 Å². The smallest absolute Gasteiger partial charge is 0.313 e. The van der Waals surface area contributed by atoms with Crippen molar-refractivity contribution in [1.29, 1.82) is 0 Å². The molecule has 1 aromatic rings. The summed E-state index contributed by atoms with van der Waals surface area (Å²) in [6.45, 7) is 3.13. The number of para-hydroxylation sites is 1. The van der Waals surface area contributed by atoms with E-state index >= 15 is 0 Å². The third-order valence-electron chi connectivity index (χ3n) is 2.72. The lowest BCUT2D eigenvalue weighted by atomic mass is 10.2. The average molecular weight is 324 g/mol. The molecule has 0 aliphatic carbocycles. The Hall–Kier alpha value is -1.28. The third-order valence-corrected chi connectivity index (χ3v) is 4.08. The first-order valence-corrected chi connectivity index (χ1v) is 8.24.